The van der Waals surface area contributed by atoms with Gasteiger partial charge >= 0.3 is 6.03 Å². The van der Waals surface area contributed by atoms with Crippen molar-refractivity contribution in [3.05, 3.63) is 108 Å². The number of para-hydroxylation sites is 2. The standard InChI is InChI=1S/C31H31N7O/c1-22-13-15-24(16-14-22)21-27-33-29(28-23(2)35-38(30(28)34-27)26-11-7-4-8-12-26)36-17-19-37(20-18-36)31(39)32-25-9-5-3-6-10-25/h3-16H,17-21H2,1-2H3,(H,32,39). The summed E-state index contributed by atoms with van der Waals surface area (Å²) in [7, 11) is 0. The Balaban J connectivity index is 1.32. The van der Waals surface area contributed by atoms with Crippen LogP contribution >= 0.6 is 0 Å². The fraction of sp³-hybridized carbons (Fsp3) is 0.226. The summed E-state index contributed by atoms with van der Waals surface area (Å²) >= 11 is 0. The Morgan fingerprint density at radius 2 is 1.49 bits per heavy atom. The molecule has 6 rings (SSSR count). The molecule has 3 heterocycles. The molecule has 2 amide bonds. The maximum absolute atomic E-state index is 12.9. The number of benzene rings is 3. The number of hydrogen-bond acceptors (Lipinski definition) is 5. The summed E-state index contributed by atoms with van der Waals surface area (Å²) in [6.07, 6.45) is 0.627. The van der Waals surface area contributed by atoms with Crippen LogP contribution in [0.5, 0.6) is 0 Å². The SMILES string of the molecule is Cc1ccc(Cc2nc(N3CCN(C(=O)Nc4ccccc4)CC3)c3c(C)nn(-c4ccccc4)c3n2)cc1. The number of carbonyl (C=O) groups excluding carboxylic acids is 1. The smallest absolute Gasteiger partial charge is 0.321 e. The maximum atomic E-state index is 12.9. The molecule has 2 aromatic heterocycles. The number of nitrogens with zero attached hydrogens (tertiary/aromatic N) is 6. The summed E-state index contributed by atoms with van der Waals surface area (Å²) in [5.41, 5.74) is 5.83. The van der Waals surface area contributed by atoms with Crippen LogP contribution in [0.3, 0.4) is 0 Å². The van der Waals surface area contributed by atoms with Gasteiger partial charge in [0.15, 0.2) is 5.65 Å². The predicted molar refractivity (Wildman–Crippen MR) is 155 cm³/mol. The van der Waals surface area contributed by atoms with Gasteiger partial charge in [-0.3, -0.25) is 0 Å². The first-order valence-corrected chi connectivity index (χ1v) is 13.3. The molecule has 1 N–H and O–H groups in total. The van der Waals surface area contributed by atoms with E-state index in [1.54, 1.807) is 0 Å². The van der Waals surface area contributed by atoms with E-state index in [-0.39, 0.29) is 6.03 Å². The molecule has 0 spiro atoms. The Labute approximate surface area is 227 Å². The molecule has 0 bridgehead atoms. The van der Waals surface area contributed by atoms with Gasteiger partial charge in [0.1, 0.15) is 11.6 Å². The second kappa shape index (κ2) is 10.6. The molecule has 0 saturated carbocycles. The van der Waals surface area contributed by atoms with Crippen LogP contribution in [0.15, 0.2) is 84.9 Å². The van der Waals surface area contributed by atoms with Crippen LogP contribution in [0.2, 0.25) is 0 Å². The lowest BCUT2D eigenvalue weighted by Gasteiger charge is -2.35. The lowest BCUT2D eigenvalue weighted by atomic mass is 10.1. The fourth-order valence-electron chi connectivity index (χ4n) is 5.00. The lowest BCUT2D eigenvalue weighted by molar-refractivity contribution is 0.208. The molecule has 1 saturated heterocycles. The van der Waals surface area contributed by atoms with E-state index >= 15 is 0 Å². The number of nitrogens with one attached hydrogen (secondary N) is 1. The van der Waals surface area contributed by atoms with Crippen LogP contribution in [0, 0.1) is 13.8 Å². The van der Waals surface area contributed by atoms with Gasteiger partial charge in [-0.1, -0.05) is 66.2 Å². The van der Waals surface area contributed by atoms with Crippen molar-refractivity contribution in [3.63, 3.8) is 0 Å². The zero-order valence-corrected chi connectivity index (χ0v) is 22.2. The number of aromatic nitrogens is 4. The number of anilines is 2. The molecule has 39 heavy (non-hydrogen) atoms. The molecular formula is C31H31N7O. The van der Waals surface area contributed by atoms with Gasteiger partial charge < -0.3 is 15.1 Å². The topological polar surface area (TPSA) is 79.2 Å². The number of urea groups is 1. The average Bonchev–Trinajstić information content (AvgIpc) is 3.31. The molecule has 8 heteroatoms. The highest BCUT2D eigenvalue weighted by molar-refractivity contribution is 5.92. The van der Waals surface area contributed by atoms with Crippen LogP contribution in [0.4, 0.5) is 16.3 Å². The van der Waals surface area contributed by atoms with E-state index in [1.807, 2.05) is 77.2 Å². The summed E-state index contributed by atoms with van der Waals surface area (Å²) in [4.78, 5) is 27.1. The van der Waals surface area contributed by atoms with E-state index in [0.29, 0.717) is 32.6 Å². The van der Waals surface area contributed by atoms with Crippen molar-refractivity contribution in [2.75, 3.05) is 36.4 Å². The Kier molecular flexibility index (Phi) is 6.67. The van der Waals surface area contributed by atoms with Crippen molar-refractivity contribution < 1.29 is 4.79 Å². The minimum Gasteiger partial charge on any atom is -0.352 e. The molecule has 0 unspecified atom stereocenters. The third kappa shape index (κ3) is 5.18. The average molecular weight is 518 g/mol. The number of hydrogen-bond donors (Lipinski definition) is 1. The van der Waals surface area contributed by atoms with Gasteiger partial charge in [0.25, 0.3) is 0 Å². The maximum Gasteiger partial charge on any atom is 0.321 e. The lowest BCUT2D eigenvalue weighted by Crippen LogP contribution is -2.50. The Hall–Kier alpha value is -4.72. The molecule has 1 aliphatic heterocycles. The number of carbonyl (C=O) groups is 1. The van der Waals surface area contributed by atoms with E-state index in [2.05, 4.69) is 41.4 Å². The quantitative estimate of drug-likeness (QED) is 0.339. The van der Waals surface area contributed by atoms with E-state index < -0.39 is 0 Å². The zero-order chi connectivity index (χ0) is 26.8. The summed E-state index contributed by atoms with van der Waals surface area (Å²) in [5.74, 6) is 1.63. The largest absolute Gasteiger partial charge is 0.352 e. The van der Waals surface area contributed by atoms with Crippen LogP contribution in [0.1, 0.15) is 22.6 Å². The van der Waals surface area contributed by atoms with Crippen LogP contribution < -0.4 is 10.2 Å². The summed E-state index contributed by atoms with van der Waals surface area (Å²) in [6, 6.07) is 28.1. The van der Waals surface area contributed by atoms with Crippen LogP contribution in [0.25, 0.3) is 16.7 Å². The molecule has 8 nitrogen and oxygen atoms in total. The molecule has 1 fully saturated rings. The zero-order valence-electron chi connectivity index (χ0n) is 22.2. The van der Waals surface area contributed by atoms with Gasteiger partial charge in [-0.2, -0.15) is 5.10 Å². The second-order valence-electron chi connectivity index (χ2n) is 9.93. The highest BCUT2D eigenvalue weighted by Crippen LogP contribution is 2.30. The number of aryl methyl sites for hydroxylation is 2. The second-order valence-corrected chi connectivity index (χ2v) is 9.93. The van der Waals surface area contributed by atoms with Gasteiger partial charge in [0.05, 0.1) is 16.8 Å². The molecule has 0 radical (unpaired) electrons. The third-order valence-electron chi connectivity index (χ3n) is 7.10. The Morgan fingerprint density at radius 3 is 2.18 bits per heavy atom. The Morgan fingerprint density at radius 1 is 0.821 bits per heavy atom. The van der Waals surface area contributed by atoms with E-state index in [0.717, 1.165) is 45.3 Å². The Bertz CT molecular complexity index is 1590. The number of rotatable bonds is 5. The fourth-order valence-corrected chi connectivity index (χ4v) is 5.00. The van der Waals surface area contributed by atoms with E-state index in [4.69, 9.17) is 15.1 Å². The van der Waals surface area contributed by atoms with Gasteiger partial charge in [0, 0.05) is 38.3 Å². The van der Waals surface area contributed by atoms with Gasteiger partial charge in [-0.25, -0.2) is 19.4 Å². The van der Waals surface area contributed by atoms with Crippen LogP contribution in [-0.4, -0.2) is 56.9 Å². The molecule has 196 valence electrons. The summed E-state index contributed by atoms with van der Waals surface area (Å²) in [5, 5.41) is 8.83. The van der Waals surface area contributed by atoms with Crippen molar-refractivity contribution >= 4 is 28.6 Å². The monoisotopic (exact) mass is 517 g/mol. The highest BCUT2D eigenvalue weighted by Gasteiger charge is 2.26. The molecule has 5 aromatic rings. The first-order valence-electron chi connectivity index (χ1n) is 13.3. The number of fused-ring (bicyclic) bond motifs is 1. The molecule has 0 aliphatic carbocycles. The highest BCUT2D eigenvalue weighted by atomic mass is 16.2. The molecule has 1 aliphatic rings. The van der Waals surface area contributed by atoms with Crippen LogP contribution in [-0.2, 0) is 6.42 Å². The normalized spacial score (nSPS) is 13.6. The van der Waals surface area contributed by atoms with Crippen molar-refractivity contribution in [2.24, 2.45) is 0 Å². The minimum absolute atomic E-state index is 0.0816. The van der Waals surface area contributed by atoms with Crippen molar-refractivity contribution in [3.8, 4) is 5.69 Å². The van der Waals surface area contributed by atoms with Crippen molar-refractivity contribution in [1.82, 2.24) is 24.6 Å². The number of piperazine rings is 1. The minimum atomic E-state index is -0.0816. The molecule has 0 atom stereocenters. The van der Waals surface area contributed by atoms with Gasteiger partial charge in [-0.15, -0.1) is 0 Å². The first kappa shape index (κ1) is 24.6. The number of amides is 2. The third-order valence-corrected chi connectivity index (χ3v) is 7.10. The van der Waals surface area contributed by atoms with E-state index in [1.165, 1.54) is 5.56 Å². The van der Waals surface area contributed by atoms with Crippen molar-refractivity contribution in [2.45, 2.75) is 20.3 Å². The van der Waals surface area contributed by atoms with E-state index in [9.17, 15) is 4.79 Å². The molecule has 3 aromatic carbocycles. The predicted octanol–water partition coefficient (Wildman–Crippen LogP) is 5.38. The summed E-state index contributed by atoms with van der Waals surface area (Å²) < 4.78 is 1.91. The molecular weight excluding hydrogens is 486 g/mol. The van der Waals surface area contributed by atoms with Crippen molar-refractivity contribution in [1.29, 1.82) is 0 Å². The van der Waals surface area contributed by atoms with Gasteiger partial charge in [0.2, 0.25) is 0 Å². The van der Waals surface area contributed by atoms with Gasteiger partial charge in [-0.05, 0) is 43.7 Å². The first-order chi connectivity index (χ1) is 19.0. The summed E-state index contributed by atoms with van der Waals surface area (Å²) in [6.45, 7) is 6.65.